The van der Waals surface area contributed by atoms with Gasteiger partial charge in [-0.2, -0.15) is 4.31 Å². The minimum absolute atomic E-state index is 0.292. The first-order valence-corrected chi connectivity index (χ1v) is 10.0. The highest BCUT2D eigenvalue weighted by molar-refractivity contribution is 14.1. The summed E-state index contributed by atoms with van der Waals surface area (Å²) in [5.41, 5.74) is 0. The summed E-state index contributed by atoms with van der Waals surface area (Å²) in [4.78, 5) is 0.400. The molecule has 1 aliphatic heterocycles. The zero-order valence-electron chi connectivity index (χ0n) is 12.4. The quantitative estimate of drug-likeness (QED) is 0.688. The minimum atomic E-state index is -3.39. The molecule has 0 amide bonds. The third-order valence-corrected chi connectivity index (χ3v) is 6.40. The van der Waals surface area contributed by atoms with Crippen molar-refractivity contribution in [2.45, 2.75) is 43.5 Å². The zero-order chi connectivity index (χ0) is 15.3. The van der Waals surface area contributed by atoms with Crippen LogP contribution in [0, 0.1) is 3.57 Å². The summed E-state index contributed by atoms with van der Waals surface area (Å²) in [5.74, 6) is 0. The van der Waals surface area contributed by atoms with Crippen molar-refractivity contribution in [1.82, 2.24) is 9.62 Å². The maximum Gasteiger partial charge on any atom is 0.243 e. The Kier molecular flexibility index (Phi) is 6.46. The molecular weight excluding hydrogens is 399 g/mol. The maximum atomic E-state index is 12.8. The van der Waals surface area contributed by atoms with Crippen LogP contribution in [-0.2, 0) is 10.0 Å². The van der Waals surface area contributed by atoms with E-state index in [9.17, 15) is 8.42 Å². The van der Waals surface area contributed by atoms with Crippen LogP contribution in [0.2, 0.25) is 0 Å². The highest BCUT2D eigenvalue weighted by Gasteiger charge is 2.27. The van der Waals surface area contributed by atoms with Crippen LogP contribution in [-0.4, -0.2) is 38.4 Å². The summed E-state index contributed by atoms with van der Waals surface area (Å²) >= 11 is 2.19. The van der Waals surface area contributed by atoms with Gasteiger partial charge < -0.3 is 5.32 Å². The summed E-state index contributed by atoms with van der Waals surface area (Å²) in [6.45, 7) is 4.26. The average Bonchev–Trinajstić information content (AvgIpc) is 2.96. The standard InChI is InChI=1S/C15H23IN2O2S/c1-2-3-11-18(12-14-5-4-10-17-14)21(19,20)15-8-6-13(16)7-9-15/h6-9,14,17H,2-5,10-12H2,1H3. The van der Waals surface area contributed by atoms with E-state index in [1.54, 1.807) is 16.4 Å². The average molecular weight is 422 g/mol. The Balaban J connectivity index is 2.18. The van der Waals surface area contributed by atoms with Crippen LogP contribution in [0.3, 0.4) is 0 Å². The minimum Gasteiger partial charge on any atom is -0.313 e. The van der Waals surface area contributed by atoms with Gasteiger partial charge in [0.05, 0.1) is 4.90 Å². The van der Waals surface area contributed by atoms with Crippen LogP contribution in [0.5, 0.6) is 0 Å². The van der Waals surface area contributed by atoms with Gasteiger partial charge in [-0.3, -0.25) is 0 Å². The summed E-state index contributed by atoms with van der Waals surface area (Å²) in [5, 5.41) is 3.39. The van der Waals surface area contributed by atoms with Crippen LogP contribution < -0.4 is 5.32 Å². The van der Waals surface area contributed by atoms with Gasteiger partial charge in [-0.25, -0.2) is 8.42 Å². The fourth-order valence-corrected chi connectivity index (χ4v) is 4.44. The number of sulfonamides is 1. The molecule has 1 fully saturated rings. The number of benzene rings is 1. The lowest BCUT2D eigenvalue weighted by Crippen LogP contribution is -2.41. The van der Waals surface area contributed by atoms with E-state index < -0.39 is 10.0 Å². The van der Waals surface area contributed by atoms with Crippen molar-refractivity contribution >= 4 is 32.6 Å². The van der Waals surface area contributed by atoms with Crippen molar-refractivity contribution in [2.24, 2.45) is 0 Å². The topological polar surface area (TPSA) is 49.4 Å². The summed E-state index contributed by atoms with van der Waals surface area (Å²) in [6, 6.07) is 7.40. The smallest absolute Gasteiger partial charge is 0.243 e. The molecule has 1 saturated heterocycles. The predicted molar refractivity (Wildman–Crippen MR) is 93.9 cm³/mol. The Morgan fingerprint density at radius 3 is 2.62 bits per heavy atom. The maximum absolute atomic E-state index is 12.8. The van der Waals surface area contributed by atoms with Gasteiger partial charge in [0.25, 0.3) is 0 Å². The second-order valence-electron chi connectivity index (χ2n) is 5.46. The number of unbranched alkanes of at least 4 members (excludes halogenated alkanes) is 1. The van der Waals surface area contributed by atoms with E-state index in [2.05, 4.69) is 34.8 Å². The Morgan fingerprint density at radius 2 is 2.05 bits per heavy atom. The largest absolute Gasteiger partial charge is 0.313 e. The van der Waals surface area contributed by atoms with Crippen molar-refractivity contribution in [3.63, 3.8) is 0 Å². The first kappa shape index (κ1) is 17.2. The van der Waals surface area contributed by atoms with Crippen molar-refractivity contribution < 1.29 is 8.42 Å². The van der Waals surface area contributed by atoms with E-state index in [4.69, 9.17) is 0 Å². The Morgan fingerprint density at radius 1 is 1.33 bits per heavy atom. The molecular formula is C15H23IN2O2S. The molecule has 0 spiro atoms. The van der Waals surface area contributed by atoms with Crippen molar-refractivity contribution in [1.29, 1.82) is 0 Å². The van der Waals surface area contributed by atoms with Crippen LogP contribution in [0.25, 0.3) is 0 Å². The van der Waals surface area contributed by atoms with Gasteiger partial charge >= 0.3 is 0 Å². The number of hydrogen-bond acceptors (Lipinski definition) is 3. The molecule has 2 rings (SSSR count). The lowest BCUT2D eigenvalue weighted by Gasteiger charge is -2.25. The number of rotatable bonds is 7. The van der Waals surface area contributed by atoms with Crippen molar-refractivity contribution in [2.75, 3.05) is 19.6 Å². The Bertz CT molecular complexity index is 539. The van der Waals surface area contributed by atoms with E-state index in [-0.39, 0.29) is 0 Å². The van der Waals surface area contributed by atoms with E-state index in [1.165, 1.54) is 0 Å². The summed E-state index contributed by atoms with van der Waals surface area (Å²) < 4.78 is 28.4. The van der Waals surface area contributed by atoms with Crippen LogP contribution in [0.1, 0.15) is 32.6 Å². The molecule has 1 aromatic rings. The second kappa shape index (κ2) is 7.89. The molecule has 1 aromatic carbocycles. The lowest BCUT2D eigenvalue weighted by molar-refractivity contribution is 0.364. The van der Waals surface area contributed by atoms with Gasteiger partial charge in [-0.15, -0.1) is 0 Å². The molecule has 1 aliphatic rings. The molecule has 1 atom stereocenters. The molecule has 0 aliphatic carbocycles. The number of halogens is 1. The Hall–Kier alpha value is -0.180. The molecule has 1 unspecified atom stereocenters. The number of nitrogens with zero attached hydrogens (tertiary/aromatic N) is 1. The number of nitrogens with one attached hydrogen (secondary N) is 1. The molecule has 1 N–H and O–H groups in total. The van der Waals surface area contributed by atoms with Gasteiger partial charge in [-0.05, 0) is 72.7 Å². The molecule has 4 nitrogen and oxygen atoms in total. The van der Waals surface area contributed by atoms with Gasteiger partial charge in [0.1, 0.15) is 0 Å². The van der Waals surface area contributed by atoms with Crippen LogP contribution >= 0.6 is 22.6 Å². The first-order valence-electron chi connectivity index (χ1n) is 7.53. The zero-order valence-corrected chi connectivity index (χ0v) is 15.4. The SMILES string of the molecule is CCCCN(CC1CCCN1)S(=O)(=O)c1ccc(I)cc1. The van der Waals surface area contributed by atoms with Gasteiger partial charge in [0, 0.05) is 22.7 Å². The molecule has 0 aromatic heterocycles. The van der Waals surface area contributed by atoms with E-state index >= 15 is 0 Å². The fourth-order valence-electron chi connectivity index (χ4n) is 2.56. The fraction of sp³-hybridized carbons (Fsp3) is 0.600. The molecule has 0 bridgehead atoms. The molecule has 6 heteroatoms. The monoisotopic (exact) mass is 422 g/mol. The second-order valence-corrected chi connectivity index (χ2v) is 8.65. The molecule has 118 valence electrons. The van der Waals surface area contributed by atoms with Crippen molar-refractivity contribution in [3.8, 4) is 0 Å². The Labute approximate surface area is 141 Å². The van der Waals surface area contributed by atoms with E-state index in [1.807, 2.05) is 12.1 Å². The molecule has 21 heavy (non-hydrogen) atoms. The van der Waals surface area contributed by atoms with Crippen LogP contribution in [0.4, 0.5) is 0 Å². The van der Waals surface area contributed by atoms with Gasteiger partial charge in [0.2, 0.25) is 10.0 Å². The highest BCUT2D eigenvalue weighted by atomic mass is 127. The summed E-state index contributed by atoms with van der Waals surface area (Å²) in [6.07, 6.45) is 4.09. The molecule has 1 heterocycles. The van der Waals surface area contributed by atoms with Crippen LogP contribution in [0.15, 0.2) is 29.2 Å². The van der Waals surface area contributed by atoms with Crippen molar-refractivity contribution in [3.05, 3.63) is 27.8 Å². The first-order chi connectivity index (χ1) is 10.0. The summed E-state index contributed by atoms with van der Waals surface area (Å²) in [7, 11) is -3.39. The van der Waals surface area contributed by atoms with E-state index in [0.29, 0.717) is 24.0 Å². The molecule has 0 radical (unpaired) electrons. The highest BCUT2D eigenvalue weighted by Crippen LogP contribution is 2.19. The normalized spacial score (nSPS) is 19.3. The number of hydrogen-bond donors (Lipinski definition) is 1. The lowest BCUT2D eigenvalue weighted by atomic mass is 10.2. The van der Waals surface area contributed by atoms with E-state index in [0.717, 1.165) is 35.8 Å². The molecule has 0 saturated carbocycles. The van der Waals surface area contributed by atoms with Gasteiger partial charge in [0.15, 0.2) is 0 Å². The third-order valence-electron chi connectivity index (χ3n) is 3.80. The predicted octanol–water partition coefficient (Wildman–Crippen LogP) is 2.83. The van der Waals surface area contributed by atoms with Gasteiger partial charge in [-0.1, -0.05) is 13.3 Å². The third kappa shape index (κ3) is 4.64.